The van der Waals surface area contributed by atoms with Crippen molar-refractivity contribution in [3.05, 3.63) is 29.3 Å². The van der Waals surface area contributed by atoms with Gasteiger partial charge in [0.2, 0.25) is 10.0 Å². The summed E-state index contributed by atoms with van der Waals surface area (Å²) < 4.78 is 24.6. The lowest BCUT2D eigenvalue weighted by Gasteiger charge is -2.24. The fraction of sp³-hybridized carbons (Fsp3) is 0.429. The molecule has 0 fully saturated rings. The van der Waals surface area contributed by atoms with Gasteiger partial charge in [-0.05, 0) is 18.6 Å². The lowest BCUT2D eigenvalue weighted by atomic mass is 10.1. The second-order valence-electron chi connectivity index (χ2n) is 5.02. The highest BCUT2D eigenvalue weighted by Gasteiger charge is 2.26. The van der Waals surface area contributed by atoms with E-state index in [1.165, 1.54) is 30.1 Å². The molecule has 7 nitrogen and oxygen atoms in total. The maximum atomic E-state index is 12.5. The predicted octanol–water partition coefficient (Wildman–Crippen LogP) is 1.09. The van der Waals surface area contributed by atoms with Gasteiger partial charge in [0.15, 0.2) is 0 Å². The van der Waals surface area contributed by atoms with E-state index in [9.17, 15) is 18.0 Å². The molecule has 2 N–H and O–H groups in total. The Morgan fingerprint density at radius 1 is 1.17 bits per heavy atom. The Labute approximate surface area is 142 Å². The van der Waals surface area contributed by atoms with Crippen molar-refractivity contribution in [2.24, 2.45) is 5.73 Å². The van der Waals surface area contributed by atoms with Crippen molar-refractivity contribution < 1.29 is 18.0 Å². The van der Waals surface area contributed by atoms with Crippen LogP contribution >= 0.6 is 12.4 Å². The number of amides is 2. The average molecular weight is 364 g/mol. The average Bonchev–Trinajstić information content (AvgIpc) is 2.44. The minimum Gasteiger partial charge on any atom is -0.366 e. The summed E-state index contributed by atoms with van der Waals surface area (Å²) in [6.07, 6.45) is 1.75. The zero-order valence-electron chi connectivity index (χ0n) is 13.6. The van der Waals surface area contributed by atoms with Gasteiger partial charge < -0.3 is 10.6 Å². The van der Waals surface area contributed by atoms with Gasteiger partial charge in [-0.15, -0.1) is 12.4 Å². The molecule has 0 saturated carbocycles. The van der Waals surface area contributed by atoms with Gasteiger partial charge >= 0.3 is 0 Å². The number of nitrogens with two attached hydrogens (primary N) is 1. The van der Waals surface area contributed by atoms with Crippen LogP contribution in [0, 0.1) is 0 Å². The molecule has 0 atom stereocenters. The molecule has 2 amide bonds. The van der Waals surface area contributed by atoms with Crippen LogP contribution in [0.3, 0.4) is 0 Å². The number of halogens is 1. The van der Waals surface area contributed by atoms with Crippen molar-refractivity contribution in [1.29, 1.82) is 0 Å². The molecule has 0 spiro atoms. The second-order valence-corrected chi connectivity index (χ2v) is 7.04. The number of carbonyl (C=O) groups is 2. The normalized spacial score (nSPS) is 10.6. The van der Waals surface area contributed by atoms with E-state index in [-0.39, 0.29) is 35.1 Å². The number of anilines is 1. The number of rotatable bonds is 6. The second kappa shape index (κ2) is 8.16. The molecule has 23 heavy (non-hydrogen) atoms. The Kier molecular flexibility index (Phi) is 7.53. The summed E-state index contributed by atoms with van der Waals surface area (Å²) in [6.45, 7) is 2.44. The van der Waals surface area contributed by atoms with Gasteiger partial charge in [-0.2, -0.15) is 0 Å². The quantitative estimate of drug-likeness (QED) is 0.817. The highest BCUT2D eigenvalue weighted by Crippen LogP contribution is 2.27. The molecule has 0 aliphatic rings. The first-order valence-electron chi connectivity index (χ1n) is 6.73. The van der Waals surface area contributed by atoms with Crippen LogP contribution in [0.2, 0.25) is 0 Å². The van der Waals surface area contributed by atoms with E-state index in [0.717, 1.165) is 17.0 Å². The van der Waals surface area contributed by atoms with Crippen molar-refractivity contribution in [2.75, 3.05) is 31.2 Å². The first-order valence-corrected chi connectivity index (χ1v) is 8.58. The van der Waals surface area contributed by atoms with Gasteiger partial charge in [-0.1, -0.05) is 13.0 Å². The summed E-state index contributed by atoms with van der Waals surface area (Å²) in [7, 11) is -0.748. The first-order chi connectivity index (χ1) is 10.1. The maximum Gasteiger partial charge on any atom is 0.255 e. The minimum atomic E-state index is -3.65. The molecule has 1 aromatic rings. The number of hydrogen-bond acceptors (Lipinski definition) is 4. The van der Waals surface area contributed by atoms with Crippen LogP contribution in [0.5, 0.6) is 0 Å². The van der Waals surface area contributed by atoms with E-state index >= 15 is 0 Å². The van der Waals surface area contributed by atoms with Gasteiger partial charge in [0.05, 0.1) is 23.1 Å². The highest BCUT2D eigenvalue weighted by molar-refractivity contribution is 7.92. The molecule has 0 heterocycles. The Hall–Kier alpha value is -1.80. The highest BCUT2D eigenvalue weighted by atomic mass is 35.5. The molecule has 1 rings (SSSR count). The van der Waals surface area contributed by atoms with Crippen molar-refractivity contribution in [3.63, 3.8) is 0 Å². The van der Waals surface area contributed by atoms with Crippen LogP contribution in [-0.2, 0) is 10.0 Å². The smallest absolute Gasteiger partial charge is 0.255 e. The van der Waals surface area contributed by atoms with Crippen LogP contribution in [0.4, 0.5) is 5.69 Å². The fourth-order valence-electron chi connectivity index (χ4n) is 2.06. The number of para-hydroxylation sites is 1. The SMILES string of the molecule is CCCN(C)C(=O)c1cccc(C(N)=O)c1N(C)S(C)(=O)=O.Cl. The Morgan fingerprint density at radius 2 is 1.70 bits per heavy atom. The Balaban J connectivity index is 0.00000484. The largest absolute Gasteiger partial charge is 0.366 e. The molecule has 9 heteroatoms. The summed E-state index contributed by atoms with van der Waals surface area (Å²) in [5.41, 5.74) is 5.43. The monoisotopic (exact) mass is 363 g/mol. The van der Waals surface area contributed by atoms with E-state index < -0.39 is 15.9 Å². The van der Waals surface area contributed by atoms with Crippen molar-refractivity contribution in [1.82, 2.24) is 4.90 Å². The topological polar surface area (TPSA) is 101 Å². The maximum absolute atomic E-state index is 12.5. The Morgan fingerprint density at radius 3 is 2.13 bits per heavy atom. The molecule has 0 radical (unpaired) electrons. The third kappa shape index (κ3) is 4.84. The number of carbonyl (C=O) groups excluding carboxylic acids is 2. The van der Waals surface area contributed by atoms with Crippen molar-refractivity contribution in [2.45, 2.75) is 13.3 Å². The summed E-state index contributed by atoms with van der Waals surface area (Å²) in [5, 5.41) is 0. The van der Waals surface area contributed by atoms with Crippen LogP contribution < -0.4 is 10.0 Å². The molecule has 1 aromatic carbocycles. The molecule has 0 unspecified atom stereocenters. The van der Waals surface area contributed by atoms with E-state index in [1.54, 1.807) is 7.05 Å². The van der Waals surface area contributed by atoms with Gasteiger partial charge in [0.1, 0.15) is 0 Å². The van der Waals surface area contributed by atoms with E-state index in [4.69, 9.17) is 5.73 Å². The molecular formula is C14H22ClN3O4S. The van der Waals surface area contributed by atoms with E-state index in [0.29, 0.717) is 6.54 Å². The van der Waals surface area contributed by atoms with Crippen LogP contribution in [0.25, 0.3) is 0 Å². The summed E-state index contributed by atoms with van der Waals surface area (Å²) in [4.78, 5) is 25.6. The van der Waals surface area contributed by atoms with Crippen LogP contribution in [0.15, 0.2) is 18.2 Å². The zero-order valence-corrected chi connectivity index (χ0v) is 15.2. The van der Waals surface area contributed by atoms with E-state index in [1.807, 2.05) is 6.92 Å². The van der Waals surface area contributed by atoms with E-state index in [2.05, 4.69) is 0 Å². The zero-order chi connectivity index (χ0) is 17.1. The van der Waals surface area contributed by atoms with Gasteiger partial charge in [0, 0.05) is 20.6 Å². The van der Waals surface area contributed by atoms with Crippen molar-refractivity contribution >= 4 is 39.9 Å². The predicted molar refractivity (Wildman–Crippen MR) is 92.7 cm³/mol. The minimum absolute atomic E-state index is 0. The number of primary amides is 1. The Bertz CT molecular complexity index is 691. The van der Waals surface area contributed by atoms with Gasteiger partial charge in [0.25, 0.3) is 11.8 Å². The number of nitrogens with zero attached hydrogens (tertiary/aromatic N) is 2. The standard InChI is InChI=1S/C14H21N3O4S.ClH/c1-5-9-16(2)14(19)11-8-6-7-10(13(15)18)12(11)17(3)22(4,20)21;/h6-8H,5,9H2,1-4H3,(H2,15,18);1H. The molecule has 0 saturated heterocycles. The van der Waals surface area contributed by atoms with Crippen LogP contribution in [0.1, 0.15) is 34.1 Å². The molecule has 0 aliphatic carbocycles. The van der Waals surface area contributed by atoms with Gasteiger partial charge in [-0.3, -0.25) is 13.9 Å². The van der Waals surface area contributed by atoms with Gasteiger partial charge in [-0.25, -0.2) is 8.42 Å². The first kappa shape index (κ1) is 21.2. The molecule has 130 valence electrons. The molecule has 0 bridgehead atoms. The molecule has 0 aromatic heterocycles. The molecular weight excluding hydrogens is 342 g/mol. The third-order valence-electron chi connectivity index (χ3n) is 3.25. The summed E-state index contributed by atoms with van der Waals surface area (Å²) in [5.74, 6) is -1.16. The summed E-state index contributed by atoms with van der Waals surface area (Å²) >= 11 is 0. The number of benzene rings is 1. The van der Waals surface area contributed by atoms with Crippen LogP contribution in [-0.4, -0.2) is 52.0 Å². The third-order valence-corrected chi connectivity index (χ3v) is 4.43. The molecule has 0 aliphatic heterocycles. The lowest BCUT2D eigenvalue weighted by molar-refractivity contribution is 0.0796. The van der Waals surface area contributed by atoms with Crippen molar-refractivity contribution in [3.8, 4) is 0 Å². The lowest BCUT2D eigenvalue weighted by Crippen LogP contribution is -2.33. The number of hydrogen-bond donors (Lipinski definition) is 1. The fourth-order valence-corrected chi connectivity index (χ4v) is 2.59. The number of sulfonamides is 1. The summed E-state index contributed by atoms with van der Waals surface area (Å²) in [6, 6.07) is 4.39.